The second kappa shape index (κ2) is 3.73. The van der Waals surface area contributed by atoms with Crippen molar-refractivity contribution < 1.29 is 0 Å². The molecule has 0 atom stereocenters. The van der Waals surface area contributed by atoms with Crippen LogP contribution in [-0.4, -0.2) is 21.8 Å². The Labute approximate surface area is 89.0 Å². The summed E-state index contributed by atoms with van der Waals surface area (Å²) in [5, 5.41) is 7.33. The summed E-state index contributed by atoms with van der Waals surface area (Å²) in [4.78, 5) is 4.38. The fourth-order valence-electron chi connectivity index (χ4n) is 1.51. The summed E-state index contributed by atoms with van der Waals surface area (Å²) in [5.41, 5.74) is 2.26. The predicted molar refractivity (Wildman–Crippen MR) is 60.7 cm³/mol. The molecule has 0 aliphatic rings. The Morgan fingerprint density at radius 2 is 2.13 bits per heavy atom. The van der Waals surface area contributed by atoms with E-state index in [1.807, 2.05) is 26.2 Å². The average Bonchev–Trinajstić information content (AvgIpc) is 2.60. The largest absolute Gasteiger partial charge is 0.357 e. The highest BCUT2D eigenvalue weighted by Gasteiger charge is 2.07. The van der Waals surface area contributed by atoms with Crippen LogP contribution in [0.5, 0.6) is 0 Å². The standard InChI is InChI=1S/C11H14N4/c1-8-5-4-6-9(7-8)10-13-11(12-2)15(3)14-10/h4-7H,1-3H3,(H,12,13,14). The van der Waals surface area contributed by atoms with Crippen molar-refractivity contribution in [1.82, 2.24) is 14.8 Å². The van der Waals surface area contributed by atoms with Crippen LogP contribution in [0.2, 0.25) is 0 Å². The molecule has 1 heterocycles. The minimum atomic E-state index is 0.755. The normalized spacial score (nSPS) is 10.3. The Bertz CT molecular complexity index is 473. The monoisotopic (exact) mass is 202 g/mol. The van der Waals surface area contributed by atoms with Crippen LogP contribution in [0.1, 0.15) is 5.56 Å². The molecular weight excluding hydrogens is 188 g/mol. The molecule has 15 heavy (non-hydrogen) atoms. The van der Waals surface area contributed by atoms with Crippen molar-refractivity contribution in [3.63, 3.8) is 0 Å². The molecular formula is C11H14N4. The van der Waals surface area contributed by atoms with Crippen molar-refractivity contribution in [2.45, 2.75) is 6.92 Å². The predicted octanol–water partition coefficient (Wildman–Crippen LogP) is 1.83. The number of anilines is 1. The van der Waals surface area contributed by atoms with Gasteiger partial charge in [-0.05, 0) is 13.0 Å². The molecule has 1 aromatic carbocycles. The zero-order valence-electron chi connectivity index (χ0n) is 9.15. The van der Waals surface area contributed by atoms with Gasteiger partial charge in [0, 0.05) is 19.7 Å². The molecule has 4 heteroatoms. The number of benzene rings is 1. The van der Waals surface area contributed by atoms with Crippen molar-refractivity contribution in [1.29, 1.82) is 0 Å². The van der Waals surface area contributed by atoms with Crippen molar-refractivity contribution >= 4 is 5.95 Å². The van der Waals surface area contributed by atoms with Crippen LogP contribution in [0.4, 0.5) is 5.95 Å². The van der Waals surface area contributed by atoms with Gasteiger partial charge in [0.25, 0.3) is 0 Å². The first kappa shape index (κ1) is 9.71. The third-order valence-corrected chi connectivity index (χ3v) is 2.26. The molecule has 1 aromatic heterocycles. The van der Waals surface area contributed by atoms with Crippen molar-refractivity contribution in [3.05, 3.63) is 29.8 Å². The quantitative estimate of drug-likeness (QED) is 0.808. The molecule has 78 valence electrons. The van der Waals surface area contributed by atoms with Gasteiger partial charge in [0.05, 0.1) is 0 Å². The van der Waals surface area contributed by atoms with Crippen molar-refractivity contribution in [2.75, 3.05) is 12.4 Å². The SMILES string of the molecule is CNc1nc(-c2cccc(C)c2)nn1C. The molecule has 0 amide bonds. The molecule has 2 rings (SSSR count). The van der Waals surface area contributed by atoms with Crippen LogP contribution in [-0.2, 0) is 7.05 Å². The second-order valence-electron chi connectivity index (χ2n) is 3.50. The molecule has 1 N–H and O–H groups in total. The molecule has 0 spiro atoms. The number of nitrogens with one attached hydrogen (secondary N) is 1. The third kappa shape index (κ3) is 1.83. The first-order valence-corrected chi connectivity index (χ1v) is 4.86. The summed E-state index contributed by atoms with van der Waals surface area (Å²) in [6, 6.07) is 8.17. The van der Waals surface area contributed by atoms with Gasteiger partial charge in [-0.2, -0.15) is 4.98 Å². The van der Waals surface area contributed by atoms with Gasteiger partial charge in [0.15, 0.2) is 5.82 Å². The number of hydrogen-bond acceptors (Lipinski definition) is 3. The summed E-state index contributed by atoms with van der Waals surface area (Å²) < 4.78 is 1.73. The fraction of sp³-hybridized carbons (Fsp3) is 0.273. The molecule has 0 fully saturated rings. The summed E-state index contributed by atoms with van der Waals surface area (Å²) in [5.74, 6) is 1.53. The van der Waals surface area contributed by atoms with E-state index in [9.17, 15) is 0 Å². The smallest absolute Gasteiger partial charge is 0.221 e. The highest BCUT2D eigenvalue weighted by Crippen LogP contribution is 2.17. The van der Waals surface area contributed by atoms with Gasteiger partial charge >= 0.3 is 0 Å². The summed E-state index contributed by atoms with van der Waals surface area (Å²) in [6.07, 6.45) is 0. The van der Waals surface area contributed by atoms with Gasteiger partial charge < -0.3 is 5.32 Å². The molecule has 0 radical (unpaired) electrons. The Morgan fingerprint density at radius 1 is 1.33 bits per heavy atom. The van der Waals surface area contributed by atoms with Gasteiger partial charge in [-0.15, -0.1) is 5.10 Å². The molecule has 0 unspecified atom stereocenters. The maximum absolute atomic E-state index is 4.38. The van der Waals surface area contributed by atoms with E-state index in [4.69, 9.17) is 0 Å². The lowest BCUT2D eigenvalue weighted by molar-refractivity contribution is 0.776. The van der Waals surface area contributed by atoms with E-state index in [2.05, 4.69) is 34.5 Å². The van der Waals surface area contributed by atoms with E-state index in [1.165, 1.54) is 5.56 Å². The minimum Gasteiger partial charge on any atom is -0.357 e. The molecule has 2 aromatic rings. The number of nitrogens with zero attached hydrogens (tertiary/aromatic N) is 3. The van der Waals surface area contributed by atoms with Gasteiger partial charge in [0.2, 0.25) is 5.95 Å². The first-order chi connectivity index (χ1) is 7.20. The van der Waals surface area contributed by atoms with Gasteiger partial charge in [0.1, 0.15) is 0 Å². The van der Waals surface area contributed by atoms with Gasteiger partial charge in [-0.25, -0.2) is 4.68 Å². The van der Waals surface area contributed by atoms with Crippen LogP contribution in [0, 0.1) is 6.92 Å². The van der Waals surface area contributed by atoms with Gasteiger partial charge in [-0.1, -0.05) is 23.8 Å². The molecule has 0 saturated carbocycles. The average molecular weight is 202 g/mol. The van der Waals surface area contributed by atoms with E-state index in [0.717, 1.165) is 17.3 Å². The second-order valence-corrected chi connectivity index (χ2v) is 3.50. The number of aromatic nitrogens is 3. The lowest BCUT2D eigenvalue weighted by Crippen LogP contribution is -1.98. The van der Waals surface area contributed by atoms with Crippen LogP contribution in [0.3, 0.4) is 0 Å². The molecule has 0 aliphatic heterocycles. The highest BCUT2D eigenvalue weighted by atomic mass is 15.4. The van der Waals surface area contributed by atoms with E-state index in [1.54, 1.807) is 4.68 Å². The molecule has 0 saturated heterocycles. The van der Waals surface area contributed by atoms with E-state index >= 15 is 0 Å². The van der Waals surface area contributed by atoms with E-state index in [0.29, 0.717) is 0 Å². The highest BCUT2D eigenvalue weighted by molar-refractivity contribution is 5.57. The third-order valence-electron chi connectivity index (χ3n) is 2.26. The van der Waals surface area contributed by atoms with Crippen LogP contribution >= 0.6 is 0 Å². The van der Waals surface area contributed by atoms with Crippen LogP contribution in [0.15, 0.2) is 24.3 Å². The Kier molecular flexibility index (Phi) is 2.41. The number of hydrogen-bond donors (Lipinski definition) is 1. The summed E-state index contributed by atoms with van der Waals surface area (Å²) in [6.45, 7) is 2.06. The van der Waals surface area contributed by atoms with Gasteiger partial charge in [-0.3, -0.25) is 0 Å². The van der Waals surface area contributed by atoms with Crippen molar-refractivity contribution in [3.8, 4) is 11.4 Å². The number of aryl methyl sites for hydroxylation is 2. The molecule has 4 nitrogen and oxygen atoms in total. The maximum Gasteiger partial charge on any atom is 0.221 e. The van der Waals surface area contributed by atoms with Crippen molar-refractivity contribution in [2.24, 2.45) is 7.05 Å². The lowest BCUT2D eigenvalue weighted by atomic mass is 10.1. The Hall–Kier alpha value is -1.84. The van der Waals surface area contributed by atoms with Crippen LogP contribution < -0.4 is 5.32 Å². The Balaban J connectivity index is 2.45. The fourth-order valence-corrected chi connectivity index (χ4v) is 1.51. The summed E-state index contributed by atoms with van der Waals surface area (Å²) in [7, 11) is 3.71. The molecule has 0 bridgehead atoms. The van der Waals surface area contributed by atoms with E-state index in [-0.39, 0.29) is 0 Å². The topological polar surface area (TPSA) is 42.7 Å². The first-order valence-electron chi connectivity index (χ1n) is 4.86. The zero-order chi connectivity index (χ0) is 10.8. The minimum absolute atomic E-state index is 0.755. The van der Waals surface area contributed by atoms with E-state index < -0.39 is 0 Å². The van der Waals surface area contributed by atoms with Crippen LogP contribution in [0.25, 0.3) is 11.4 Å². The maximum atomic E-state index is 4.38. The number of rotatable bonds is 2. The summed E-state index contributed by atoms with van der Waals surface area (Å²) >= 11 is 0. The lowest BCUT2D eigenvalue weighted by Gasteiger charge is -1.95. The zero-order valence-corrected chi connectivity index (χ0v) is 9.15. The molecule has 0 aliphatic carbocycles. The Morgan fingerprint density at radius 3 is 2.73 bits per heavy atom.